The van der Waals surface area contributed by atoms with Crippen LogP contribution in [-0.2, 0) is 4.74 Å². The molecule has 0 rings (SSSR count). The minimum atomic E-state index is 0. The third kappa shape index (κ3) is 10.7. The molecule has 3 heteroatoms. The van der Waals surface area contributed by atoms with E-state index in [0.717, 1.165) is 0 Å². The minimum Gasteiger partial charge on any atom is -1.00 e. The van der Waals surface area contributed by atoms with Crippen molar-refractivity contribution in [2.45, 2.75) is 13.8 Å². The second-order valence-corrected chi connectivity index (χ2v) is 0.989. The second kappa shape index (κ2) is 5.76. The molecule has 0 saturated carbocycles. The quantitative estimate of drug-likeness (QED) is 0.318. The van der Waals surface area contributed by atoms with Gasteiger partial charge >= 0.3 is 0 Å². The molecule has 0 aliphatic heterocycles. The molecule has 1 N–H and O–H groups in total. The fourth-order valence-electron chi connectivity index (χ4n) is 0.217. The molecule has 0 unspecified atom stereocenters. The smallest absolute Gasteiger partial charge is 0.177 e. The Hall–Kier alpha value is -0.240. The van der Waals surface area contributed by atoms with Crippen LogP contribution in [0.5, 0.6) is 0 Å². The Labute approximate surface area is 49.8 Å². The summed E-state index contributed by atoms with van der Waals surface area (Å²) >= 11 is 0. The van der Waals surface area contributed by atoms with Crippen molar-refractivity contribution >= 4 is 5.90 Å². The van der Waals surface area contributed by atoms with E-state index in [0.29, 0.717) is 6.61 Å². The summed E-state index contributed by atoms with van der Waals surface area (Å²) in [5, 5.41) is 6.67. The zero-order valence-corrected chi connectivity index (χ0v) is 5.25. The van der Waals surface area contributed by atoms with Crippen molar-refractivity contribution in [1.82, 2.24) is 0 Å². The summed E-state index contributed by atoms with van der Waals surface area (Å²) in [6, 6.07) is 0. The van der Waals surface area contributed by atoms with Gasteiger partial charge in [0.05, 0.1) is 6.61 Å². The van der Waals surface area contributed by atoms with E-state index in [1.807, 2.05) is 6.92 Å². The molecule has 0 bridgehead atoms. The lowest BCUT2D eigenvalue weighted by atomic mass is 10.7. The van der Waals surface area contributed by atoms with Crippen LogP contribution in [0.2, 0.25) is 0 Å². The molecule has 2 nitrogen and oxygen atoms in total. The van der Waals surface area contributed by atoms with E-state index in [9.17, 15) is 0 Å². The van der Waals surface area contributed by atoms with Gasteiger partial charge < -0.3 is 17.1 Å². The molecule has 0 aliphatic carbocycles. The fraction of sp³-hybridized carbons (Fsp3) is 0.750. The van der Waals surface area contributed by atoms with Gasteiger partial charge in [0.15, 0.2) is 5.90 Å². The predicted octanol–water partition coefficient (Wildman–Crippen LogP) is -1.98. The van der Waals surface area contributed by atoms with E-state index in [4.69, 9.17) is 5.41 Å². The first-order valence-corrected chi connectivity index (χ1v) is 1.95. The monoisotopic (exact) mass is 122 g/mol. The van der Waals surface area contributed by atoms with Gasteiger partial charge in [-0.15, -0.1) is 0 Å². The van der Waals surface area contributed by atoms with Gasteiger partial charge in [-0.05, 0) is 6.92 Å². The number of rotatable bonds is 1. The number of ether oxygens (including phenoxy) is 1. The lowest BCUT2D eigenvalue weighted by Crippen LogP contribution is -3.00. The molecule has 0 spiro atoms. The van der Waals surface area contributed by atoms with Gasteiger partial charge in [-0.25, -0.2) is 0 Å². The molecular formula is C4H9ClNO-. The summed E-state index contributed by atoms with van der Waals surface area (Å²) in [5.41, 5.74) is 0. The van der Waals surface area contributed by atoms with Crippen LogP contribution in [0.15, 0.2) is 0 Å². The SMILES string of the molecule is CCOC(C)=N.[Cl-]. The summed E-state index contributed by atoms with van der Waals surface area (Å²) in [6.07, 6.45) is 0. The number of hydrogen-bond acceptors (Lipinski definition) is 2. The summed E-state index contributed by atoms with van der Waals surface area (Å²) in [4.78, 5) is 0. The summed E-state index contributed by atoms with van der Waals surface area (Å²) in [6.45, 7) is 4.08. The van der Waals surface area contributed by atoms with Gasteiger partial charge in [-0.3, -0.25) is 5.41 Å². The molecule has 0 radical (unpaired) electrons. The number of nitrogens with one attached hydrogen (secondary N) is 1. The van der Waals surface area contributed by atoms with Crippen molar-refractivity contribution in [2.24, 2.45) is 0 Å². The minimum absolute atomic E-state index is 0. The first-order valence-electron chi connectivity index (χ1n) is 1.95. The van der Waals surface area contributed by atoms with Crippen LogP contribution in [-0.4, -0.2) is 12.5 Å². The second-order valence-electron chi connectivity index (χ2n) is 0.989. The fourth-order valence-corrected chi connectivity index (χ4v) is 0.217. The van der Waals surface area contributed by atoms with Crippen molar-refractivity contribution in [3.63, 3.8) is 0 Å². The molecule has 0 atom stereocenters. The van der Waals surface area contributed by atoms with Crippen LogP contribution in [0.25, 0.3) is 0 Å². The van der Waals surface area contributed by atoms with Gasteiger partial charge in [0.1, 0.15) is 0 Å². The van der Waals surface area contributed by atoms with E-state index in [1.165, 1.54) is 0 Å². The lowest BCUT2D eigenvalue weighted by Gasteiger charge is -1.93. The van der Waals surface area contributed by atoms with E-state index in [1.54, 1.807) is 6.92 Å². The highest BCUT2D eigenvalue weighted by Crippen LogP contribution is 1.70. The Morgan fingerprint density at radius 3 is 2.14 bits per heavy atom. The zero-order chi connectivity index (χ0) is 4.99. The van der Waals surface area contributed by atoms with Crippen molar-refractivity contribution in [3.8, 4) is 0 Å². The number of hydrogen-bond donors (Lipinski definition) is 1. The number of halogens is 1. The van der Waals surface area contributed by atoms with Crippen LogP contribution in [0.1, 0.15) is 13.8 Å². The first kappa shape index (κ1) is 9.90. The topological polar surface area (TPSA) is 33.1 Å². The molecular weight excluding hydrogens is 114 g/mol. The highest BCUT2D eigenvalue weighted by molar-refractivity contribution is 5.69. The molecule has 7 heavy (non-hydrogen) atoms. The maximum atomic E-state index is 6.67. The summed E-state index contributed by atoms with van der Waals surface area (Å²) < 4.78 is 4.62. The average molecular weight is 123 g/mol. The van der Waals surface area contributed by atoms with Crippen molar-refractivity contribution in [1.29, 1.82) is 5.41 Å². The Bertz CT molecular complexity index is 55.7. The Morgan fingerprint density at radius 1 is 1.71 bits per heavy atom. The third-order valence-corrected chi connectivity index (χ3v) is 0.361. The van der Waals surface area contributed by atoms with Crippen LogP contribution in [0, 0.1) is 5.41 Å². The van der Waals surface area contributed by atoms with Gasteiger partial charge in [0, 0.05) is 6.92 Å². The average Bonchev–Trinajstić information content (AvgIpc) is 1.35. The van der Waals surface area contributed by atoms with E-state index < -0.39 is 0 Å². The van der Waals surface area contributed by atoms with Gasteiger partial charge in [0.25, 0.3) is 0 Å². The van der Waals surface area contributed by atoms with E-state index in [2.05, 4.69) is 4.74 Å². The zero-order valence-electron chi connectivity index (χ0n) is 4.49. The Balaban J connectivity index is 0. The van der Waals surface area contributed by atoms with Gasteiger partial charge in [-0.1, -0.05) is 0 Å². The van der Waals surface area contributed by atoms with Gasteiger partial charge in [0.2, 0.25) is 0 Å². The summed E-state index contributed by atoms with van der Waals surface area (Å²) in [7, 11) is 0. The van der Waals surface area contributed by atoms with E-state index in [-0.39, 0.29) is 18.3 Å². The first-order chi connectivity index (χ1) is 2.77. The van der Waals surface area contributed by atoms with Gasteiger partial charge in [-0.2, -0.15) is 0 Å². The summed E-state index contributed by atoms with van der Waals surface area (Å²) in [5.74, 6) is 0.289. The van der Waals surface area contributed by atoms with Crippen LogP contribution >= 0.6 is 0 Å². The van der Waals surface area contributed by atoms with Crippen LogP contribution in [0.4, 0.5) is 0 Å². The van der Waals surface area contributed by atoms with Crippen molar-refractivity contribution in [2.75, 3.05) is 6.61 Å². The van der Waals surface area contributed by atoms with Crippen molar-refractivity contribution < 1.29 is 17.1 Å². The lowest BCUT2D eigenvalue weighted by molar-refractivity contribution is -0.00000266. The maximum Gasteiger partial charge on any atom is 0.177 e. The molecule has 0 aromatic carbocycles. The standard InChI is InChI=1S/C4H9NO.ClH/c1-3-6-4(2)5;/h5H,3H2,1-2H3;1H/p-1. The van der Waals surface area contributed by atoms with Crippen molar-refractivity contribution in [3.05, 3.63) is 0 Å². The largest absolute Gasteiger partial charge is 1.00 e. The highest BCUT2D eigenvalue weighted by Gasteiger charge is 1.75. The molecule has 0 aromatic rings. The molecule has 0 aromatic heterocycles. The normalized spacial score (nSPS) is 6.57. The third-order valence-electron chi connectivity index (χ3n) is 0.361. The molecule has 0 amide bonds. The molecule has 0 aliphatic rings. The van der Waals surface area contributed by atoms with Crippen LogP contribution < -0.4 is 12.4 Å². The molecule has 0 fully saturated rings. The maximum absolute atomic E-state index is 6.67. The highest BCUT2D eigenvalue weighted by atomic mass is 35.5. The Morgan fingerprint density at radius 2 is 2.14 bits per heavy atom. The molecule has 0 heterocycles. The Kier molecular flexibility index (Phi) is 8.15. The predicted molar refractivity (Wildman–Crippen MR) is 25.0 cm³/mol. The molecule has 44 valence electrons. The van der Waals surface area contributed by atoms with E-state index >= 15 is 0 Å². The van der Waals surface area contributed by atoms with Crippen LogP contribution in [0.3, 0.4) is 0 Å². The molecule has 0 saturated heterocycles.